The molecular formula is C14H17N3OS. The summed E-state index contributed by atoms with van der Waals surface area (Å²) in [4.78, 5) is 11.6. The van der Waals surface area contributed by atoms with Crippen LogP contribution in [-0.4, -0.2) is 28.4 Å². The van der Waals surface area contributed by atoms with Gasteiger partial charge in [-0.1, -0.05) is 43.0 Å². The van der Waals surface area contributed by atoms with Gasteiger partial charge in [0.25, 0.3) is 0 Å². The van der Waals surface area contributed by atoms with E-state index < -0.39 is 0 Å². The minimum Gasteiger partial charge on any atom is -0.355 e. The normalized spacial score (nSPS) is 10.6. The van der Waals surface area contributed by atoms with Crippen molar-refractivity contribution in [2.75, 3.05) is 12.3 Å². The number of hydrogen-bond donors (Lipinski definition) is 1. The zero-order valence-corrected chi connectivity index (χ0v) is 12.0. The van der Waals surface area contributed by atoms with Gasteiger partial charge in [-0.15, -0.1) is 5.10 Å². The summed E-state index contributed by atoms with van der Waals surface area (Å²) in [6, 6.07) is 8.01. The van der Waals surface area contributed by atoms with Crippen molar-refractivity contribution in [1.29, 1.82) is 0 Å². The fourth-order valence-electron chi connectivity index (χ4n) is 1.77. The van der Waals surface area contributed by atoms with Gasteiger partial charge in [-0.05, 0) is 13.3 Å². The predicted octanol–water partition coefficient (Wildman–Crippen LogP) is 2.56. The fourth-order valence-corrected chi connectivity index (χ4v) is 2.57. The van der Waals surface area contributed by atoms with Gasteiger partial charge in [0, 0.05) is 17.3 Å². The molecule has 0 spiro atoms. The first-order chi connectivity index (χ1) is 9.22. The van der Waals surface area contributed by atoms with Crippen molar-refractivity contribution in [2.45, 2.75) is 25.3 Å². The Morgan fingerprint density at radius 1 is 1.26 bits per heavy atom. The molecule has 1 amide bonds. The van der Waals surface area contributed by atoms with Gasteiger partial charge in [0.05, 0.1) is 11.4 Å². The van der Waals surface area contributed by atoms with E-state index in [4.69, 9.17) is 0 Å². The SMILES string of the molecule is CCCNC(=O)CSc1nnc(C)c2ccccc12. The highest BCUT2D eigenvalue weighted by atomic mass is 32.2. The molecule has 2 rings (SSSR count). The Hall–Kier alpha value is -1.62. The molecule has 1 heterocycles. The molecule has 4 nitrogen and oxygen atoms in total. The summed E-state index contributed by atoms with van der Waals surface area (Å²) >= 11 is 1.43. The Balaban J connectivity index is 2.13. The van der Waals surface area contributed by atoms with Crippen LogP contribution in [0.15, 0.2) is 29.3 Å². The zero-order chi connectivity index (χ0) is 13.7. The van der Waals surface area contributed by atoms with Crippen LogP contribution in [0.2, 0.25) is 0 Å². The molecular weight excluding hydrogens is 258 g/mol. The Labute approximate surface area is 117 Å². The molecule has 0 aliphatic carbocycles. The van der Waals surface area contributed by atoms with Crippen LogP contribution in [0.3, 0.4) is 0 Å². The first-order valence-corrected chi connectivity index (χ1v) is 7.32. The van der Waals surface area contributed by atoms with Crippen molar-refractivity contribution in [3.05, 3.63) is 30.0 Å². The minimum atomic E-state index is 0.0401. The number of nitrogens with one attached hydrogen (secondary N) is 1. The Kier molecular flexibility index (Phi) is 4.74. The van der Waals surface area contributed by atoms with E-state index in [-0.39, 0.29) is 5.91 Å². The van der Waals surface area contributed by atoms with Crippen molar-refractivity contribution in [3.63, 3.8) is 0 Å². The van der Waals surface area contributed by atoms with Crippen molar-refractivity contribution in [3.8, 4) is 0 Å². The molecule has 0 aliphatic heterocycles. The third-order valence-electron chi connectivity index (χ3n) is 2.75. The number of amides is 1. The minimum absolute atomic E-state index is 0.0401. The molecule has 5 heteroatoms. The molecule has 0 radical (unpaired) electrons. The maximum Gasteiger partial charge on any atom is 0.230 e. The van der Waals surface area contributed by atoms with Crippen LogP contribution >= 0.6 is 11.8 Å². The van der Waals surface area contributed by atoms with Crippen LogP contribution in [0.5, 0.6) is 0 Å². The highest BCUT2D eigenvalue weighted by molar-refractivity contribution is 8.00. The topological polar surface area (TPSA) is 54.9 Å². The predicted molar refractivity (Wildman–Crippen MR) is 78.3 cm³/mol. The molecule has 19 heavy (non-hydrogen) atoms. The Bertz CT molecular complexity index is 586. The van der Waals surface area contributed by atoms with Crippen LogP contribution in [0.1, 0.15) is 19.0 Å². The number of thioether (sulfide) groups is 1. The maximum absolute atomic E-state index is 11.6. The molecule has 1 N–H and O–H groups in total. The number of rotatable bonds is 5. The summed E-state index contributed by atoms with van der Waals surface area (Å²) < 4.78 is 0. The lowest BCUT2D eigenvalue weighted by molar-refractivity contribution is -0.118. The van der Waals surface area contributed by atoms with E-state index in [0.29, 0.717) is 5.75 Å². The first-order valence-electron chi connectivity index (χ1n) is 6.34. The number of carbonyl (C=O) groups is 1. The molecule has 2 aromatic rings. The molecule has 0 aliphatic rings. The summed E-state index contributed by atoms with van der Waals surface area (Å²) in [7, 11) is 0. The van der Waals surface area contributed by atoms with E-state index in [1.807, 2.05) is 38.1 Å². The second-order valence-electron chi connectivity index (χ2n) is 4.27. The van der Waals surface area contributed by atoms with Crippen LogP contribution in [-0.2, 0) is 4.79 Å². The van der Waals surface area contributed by atoms with Gasteiger partial charge in [0.1, 0.15) is 5.03 Å². The summed E-state index contributed by atoms with van der Waals surface area (Å²) in [6.07, 6.45) is 0.948. The third kappa shape index (κ3) is 3.44. The molecule has 0 bridgehead atoms. The van der Waals surface area contributed by atoms with Gasteiger partial charge >= 0.3 is 0 Å². The first kappa shape index (κ1) is 13.8. The fraction of sp³-hybridized carbons (Fsp3) is 0.357. The molecule has 0 unspecified atom stereocenters. The van der Waals surface area contributed by atoms with Crippen molar-refractivity contribution in [1.82, 2.24) is 15.5 Å². The number of carbonyl (C=O) groups excluding carboxylic acids is 1. The standard InChI is InChI=1S/C14H17N3OS/c1-3-8-15-13(18)9-19-14-12-7-5-4-6-11(12)10(2)16-17-14/h4-7H,3,8-9H2,1-2H3,(H,15,18). The van der Waals surface area contributed by atoms with Crippen LogP contribution in [0, 0.1) is 6.92 Å². The highest BCUT2D eigenvalue weighted by Crippen LogP contribution is 2.26. The van der Waals surface area contributed by atoms with E-state index in [1.165, 1.54) is 11.8 Å². The Morgan fingerprint density at radius 2 is 2.00 bits per heavy atom. The smallest absolute Gasteiger partial charge is 0.230 e. The molecule has 1 aromatic carbocycles. The average Bonchev–Trinajstić information content (AvgIpc) is 2.45. The van der Waals surface area contributed by atoms with Gasteiger partial charge in [0.15, 0.2) is 0 Å². The van der Waals surface area contributed by atoms with E-state index >= 15 is 0 Å². The lowest BCUT2D eigenvalue weighted by Gasteiger charge is -2.06. The number of nitrogens with zero attached hydrogens (tertiary/aromatic N) is 2. The molecule has 0 fully saturated rings. The monoisotopic (exact) mass is 275 g/mol. The third-order valence-corrected chi connectivity index (χ3v) is 3.73. The van der Waals surface area contributed by atoms with E-state index in [9.17, 15) is 4.79 Å². The quantitative estimate of drug-likeness (QED) is 0.852. The molecule has 0 saturated heterocycles. The van der Waals surface area contributed by atoms with Gasteiger partial charge in [-0.2, -0.15) is 5.10 Å². The molecule has 1 aromatic heterocycles. The number of aromatic nitrogens is 2. The van der Waals surface area contributed by atoms with Gasteiger partial charge < -0.3 is 5.32 Å². The summed E-state index contributed by atoms with van der Waals surface area (Å²) in [5.41, 5.74) is 0.912. The van der Waals surface area contributed by atoms with Gasteiger partial charge in [0.2, 0.25) is 5.91 Å². The molecule has 100 valence electrons. The highest BCUT2D eigenvalue weighted by Gasteiger charge is 2.09. The zero-order valence-electron chi connectivity index (χ0n) is 11.1. The summed E-state index contributed by atoms with van der Waals surface area (Å²) in [6.45, 7) is 4.70. The lowest BCUT2D eigenvalue weighted by Crippen LogP contribution is -2.25. The van der Waals surface area contributed by atoms with Gasteiger partial charge in [-0.3, -0.25) is 4.79 Å². The van der Waals surface area contributed by atoms with E-state index in [2.05, 4.69) is 15.5 Å². The lowest BCUT2D eigenvalue weighted by atomic mass is 10.1. The van der Waals surface area contributed by atoms with Crippen LogP contribution in [0.25, 0.3) is 10.8 Å². The average molecular weight is 275 g/mol. The largest absolute Gasteiger partial charge is 0.355 e. The number of hydrogen-bond acceptors (Lipinski definition) is 4. The van der Waals surface area contributed by atoms with Crippen LogP contribution in [0.4, 0.5) is 0 Å². The van der Waals surface area contributed by atoms with Crippen molar-refractivity contribution in [2.24, 2.45) is 0 Å². The molecule has 0 saturated carbocycles. The number of fused-ring (bicyclic) bond motifs is 1. The van der Waals surface area contributed by atoms with E-state index in [1.54, 1.807) is 0 Å². The van der Waals surface area contributed by atoms with E-state index in [0.717, 1.165) is 34.5 Å². The van der Waals surface area contributed by atoms with Crippen LogP contribution < -0.4 is 5.32 Å². The summed E-state index contributed by atoms with van der Waals surface area (Å²) in [5, 5.41) is 14.2. The number of aryl methyl sites for hydroxylation is 1. The van der Waals surface area contributed by atoms with Gasteiger partial charge in [-0.25, -0.2) is 0 Å². The maximum atomic E-state index is 11.6. The second-order valence-corrected chi connectivity index (χ2v) is 5.24. The molecule has 0 atom stereocenters. The van der Waals surface area contributed by atoms with Crippen molar-refractivity contribution < 1.29 is 4.79 Å². The second kappa shape index (κ2) is 6.52. The summed E-state index contributed by atoms with van der Waals surface area (Å²) in [5.74, 6) is 0.417. The number of benzene rings is 1. The Morgan fingerprint density at radius 3 is 2.74 bits per heavy atom. The van der Waals surface area contributed by atoms with Crippen molar-refractivity contribution >= 4 is 28.4 Å².